The number of nitrogens with zero attached hydrogens (tertiary/aromatic N) is 5. The molecule has 0 spiro atoms. The second kappa shape index (κ2) is 11.8. The molecule has 2 aromatic heterocycles. The highest BCUT2D eigenvalue weighted by atomic mass is 35.5. The van der Waals surface area contributed by atoms with Gasteiger partial charge in [0, 0.05) is 78.4 Å². The predicted molar refractivity (Wildman–Crippen MR) is 141 cm³/mol. The normalized spacial score (nSPS) is 14.5. The Labute approximate surface area is 211 Å². The summed E-state index contributed by atoms with van der Waals surface area (Å²) in [6, 6.07) is 9.76. The van der Waals surface area contributed by atoms with Crippen molar-refractivity contribution in [3.8, 4) is 11.1 Å². The lowest BCUT2D eigenvalue weighted by Gasteiger charge is -2.32. The number of rotatable bonds is 8. The Hall–Kier alpha value is -3.49. The van der Waals surface area contributed by atoms with Crippen molar-refractivity contribution in [2.45, 2.75) is 18.9 Å². The highest BCUT2D eigenvalue weighted by Gasteiger charge is 2.21. The minimum absolute atomic E-state index is 0.0854. The molecule has 1 amide bonds. The molecule has 3 heterocycles. The van der Waals surface area contributed by atoms with E-state index in [1.54, 1.807) is 24.7 Å². The van der Waals surface area contributed by atoms with Crippen LogP contribution in [0.2, 0.25) is 5.02 Å². The zero-order valence-electron chi connectivity index (χ0n) is 20.0. The van der Waals surface area contributed by atoms with Crippen molar-refractivity contribution in [1.29, 1.82) is 0 Å². The van der Waals surface area contributed by atoms with E-state index in [2.05, 4.69) is 31.7 Å². The van der Waals surface area contributed by atoms with Crippen molar-refractivity contribution in [3.05, 3.63) is 72.3 Å². The Morgan fingerprint density at radius 3 is 2.57 bits per heavy atom. The molecule has 8 nitrogen and oxygen atoms in total. The molecule has 0 radical (unpaired) electrons. The lowest BCUT2D eigenvalue weighted by molar-refractivity contribution is -0.126. The van der Waals surface area contributed by atoms with Crippen LogP contribution in [-0.4, -0.2) is 70.4 Å². The number of benzene rings is 1. The third kappa shape index (κ3) is 7.24. The predicted octanol–water partition coefficient (Wildman–Crippen LogP) is 4.46. The molecule has 0 unspecified atom stereocenters. The first-order valence-corrected chi connectivity index (χ1v) is 12.0. The van der Waals surface area contributed by atoms with Gasteiger partial charge in [0.25, 0.3) is 0 Å². The standard InChI is InChI=1S/C26H30ClN7O/c1-33(2)10-4-7-25(35)34-11-8-22(9-12-34)31-24-13-19(15-28-18-24)20-16-29-26(30-17-20)32-23-6-3-5-21(27)14-23/h3-7,13-18,22,31H,8-12H2,1-2H3,(H,29,30,32)/b7-4+. The van der Waals surface area contributed by atoms with Gasteiger partial charge in [0.05, 0.1) is 5.69 Å². The molecule has 0 aliphatic carbocycles. The number of nitrogens with one attached hydrogen (secondary N) is 2. The minimum atomic E-state index is 0.0854. The van der Waals surface area contributed by atoms with Crippen molar-refractivity contribution in [1.82, 2.24) is 24.8 Å². The Kier molecular flexibility index (Phi) is 8.28. The van der Waals surface area contributed by atoms with E-state index in [4.69, 9.17) is 11.6 Å². The molecule has 2 N–H and O–H groups in total. The van der Waals surface area contributed by atoms with Crippen LogP contribution in [0.25, 0.3) is 11.1 Å². The van der Waals surface area contributed by atoms with Gasteiger partial charge >= 0.3 is 0 Å². The van der Waals surface area contributed by atoms with E-state index in [-0.39, 0.29) is 5.91 Å². The smallest absolute Gasteiger partial charge is 0.246 e. The van der Waals surface area contributed by atoms with E-state index < -0.39 is 0 Å². The summed E-state index contributed by atoms with van der Waals surface area (Å²) >= 11 is 6.03. The highest BCUT2D eigenvalue weighted by molar-refractivity contribution is 6.30. The van der Waals surface area contributed by atoms with Crippen LogP contribution in [0.5, 0.6) is 0 Å². The van der Waals surface area contributed by atoms with E-state index >= 15 is 0 Å². The first-order valence-electron chi connectivity index (χ1n) is 11.6. The SMILES string of the molecule is CN(C)C/C=C/C(=O)N1CCC(Nc2cncc(-c3cnc(Nc4cccc(Cl)c4)nc3)c2)CC1. The summed E-state index contributed by atoms with van der Waals surface area (Å²) in [5.41, 5.74) is 3.58. The van der Waals surface area contributed by atoms with Gasteiger partial charge in [-0.3, -0.25) is 9.78 Å². The summed E-state index contributed by atoms with van der Waals surface area (Å²) in [5, 5.41) is 7.36. The lowest BCUT2D eigenvalue weighted by atomic mass is 10.0. The molecule has 35 heavy (non-hydrogen) atoms. The average Bonchev–Trinajstić information content (AvgIpc) is 2.85. The van der Waals surface area contributed by atoms with Gasteiger partial charge in [0.15, 0.2) is 0 Å². The van der Waals surface area contributed by atoms with Crippen LogP contribution in [0, 0.1) is 0 Å². The Morgan fingerprint density at radius 1 is 1.09 bits per heavy atom. The van der Waals surface area contributed by atoms with Crippen LogP contribution in [0.15, 0.2) is 67.3 Å². The summed E-state index contributed by atoms with van der Waals surface area (Å²) in [6.45, 7) is 2.25. The monoisotopic (exact) mass is 491 g/mol. The van der Waals surface area contributed by atoms with Crippen LogP contribution < -0.4 is 10.6 Å². The second-order valence-corrected chi connectivity index (χ2v) is 9.24. The number of hydrogen-bond donors (Lipinski definition) is 2. The molecule has 0 bridgehead atoms. The van der Waals surface area contributed by atoms with Crippen LogP contribution in [0.3, 0.4) is 0 Å². The fraction of sp³-hybridized carbons (Fsp3) is 0.308. The minimum Gasteiger partial charge on any atom is -0.381 e. The Morgan fingerprint density at radius 2 is 1.86 bits per heavy atom. The van der Waals surface area contributed by atoms with E-state index in [1.807, 2.05) is 60.4 Å². The number of aromatic nitrogens is 3. The molecule has 1 aromatic carbocycles. The topological polar surface area (TPSA) is 86.3 Å². The number of anilines is 3. The van der Waals surface area contributed by atoms with Crippen molar-refractivity contribution in [2.75, 3.05) is 44.4 Å². The van der Waals surface area contributed by atoms with Crippen LogP contribution in [-0.2, 0) is 4.79 Å². The van der Waals surface area contributed by atoms with Gasteiger partial charge in [-0.25, -0.2) is 9.97 Å². The average molecular weight is 492 g/mol. The third-order valence-corrected chi connectivity index (χ3v) is 5.95. The fourth-order valence-electron chi connectivity index (χ4n) is 3.86. The van der Waals surface area contributed by atoms with E-state index in [0.717, 1.165) is 55.0 Å². The number of pyridine rings is 1. The fourth-order valence-corrected chi connectivity index (χ4v) is 4.05. The third-order valence-electron chi connectivity index (χ3n) is 5.71. The quantitative estimate of drug-likeness (QED) is 0.450. The number of amides is 1. The van der Waals surface area contributed by atoms with Crippen LogP contribution in [0.4, 0.5) is 17.3 Å². The number of carbonyl (C=O) groups excluding carboxylic acids is 1. The number of likely N-dealkylation sites (tertiary alicyclic amines) is 1. The molecule has 9 heteroatoms. The molecule has 1 saturated heterocycles. The van der Waals surface area contributed by atoms with Crippen molar-refractivity contribution in [2.24, 2.45) is 0 Å². The summed E-state index contributed by atoms with van der Waals surface area (Å²) in [4.78, 5) is 29.5. The van der Waals surface area contributed by atoms with Gasteiger partial charge in [-0.15, -0.1) is 0 Å². The number of carbonyl (C=O) groups is 1. The summed E-state index contributed by atoms with van der Waals surface area (Å²) < 4.78 is 0. The lowest BCUT2D eigenvalue weighted by Crippen LogP contribution is -2.41. The van der Waals surface area contributed by atoms with Gasteiger partial charge in [-0.05, 0) is 51.2 Å². The molecule has 1 fully saturated rings. The Balaban J connectivity index is 1.31. The zero-order chi connectivity index (χ0) is 24.6. The van der Waals surface area contributed by atoms with Crippen molar-refractivity contribution in [3.63, 3.8) is 0 Å². The first-order chi connectivity index (χ1) is 17.0. The molecular weight excluding hydrogens is 462 g/mol. The molecule has 3 aromatic rings. The molecule has 1 aliphatic rings. The molecular formula is C26H30ClN7O. The maximum Gasteiger partial charge on any atom is 0.246 e. The van der Waals surface area contributed by atoms with E-state index in [0.29, 0.717) is 17.0 Å². The Bertz CT molecular complexity index is 1160. The molecule has 0 atom stereocenters. The summed E-state index contributed by atoms with van der Waals surface area (Å²) in [6.07, 6.45) is 12.5. The second-order valence-electron chi connectivity index (χ2n) is 8.80. The van der Waals surface area contributed by atoms with Gasteiger partial charge in [-0.2, -0.15) is 0 Å². The van der Waals surface area contributed by atoms with Crippen LogP contribution in [0.1, 0.15) is 12.8 Å². The maximum atomic E-state index is 12.4. The summed E-state index contributed by atoms with van der Waals surface area (Å²) in [5.74, 6) is 0.582. The van der Waals surface area contributed by atoms with Gasteiger partial charge in [0.2, 0.25) is 11.9 Å². The molecule has 4 rings (SSSR count). The first kappa shape index (κ1) is 24.6. The number of piperidine rings is 1. The van der Waals surface area contributed by atoms with E-state index in [1.165, 1.54) is 0 Å². The van der Waals surface area contributed by atoms with Crippen molar-refractivity contribution < 1.29 is 4.79 Å². The maximum absolute atomic E-state index is 12.4. The van der Waals surface area contributed by atoms with Crippen LogP contribution >= 0.6 is 11.6 Å². The highest BCUT2D eigenvalue weighted by Crippen LogP contribution is 2.24. The molecule has 182 valence electrons. The van der Waals surface area contributed by atoms with Gasteiger partial charge in [-0.1, -0.05) is 23.7 Å². The largest absolute Gasteiger partial charge is 0.381 e. The number of likely N-dealkylation sites (N-methyl/N-ethyl adjacent to an activating group) is 1. The molecule has 1 aliphatic heterocycles. The number of hydrogen-bond acceptors (Lipinski definition) is 7. The van der Waals surface area contributed by atoms with E-state index in [9.17, 15) is 4.79 Å². The summed E-state index contributed by atoms with van der Waals surface area (Å²) in [7, 11) is 3.97. The van der Waals surface area contributed by atoms with Crippen molar-refractivity contribution >= 4 is 34.8 Å². The number of halogens is 1. The molecule has 0 saturated carbocycles. The zero-order valence-corrected chi connectivity index (χ0v) is 20.7. The van der Waals surface area contributed by atoms with Gasteiger partial charge < -0.3 is 20.4 Å². The van der Waals surface area contributed by atoms with Gasteiger partial charge in [0.1, 0.15) is 0 Å².